The van der Waals surface area contributed by atoms with Crippen LogP contribution in [0.5, 0.6) is 0 Å². The van der Waals surface area contributed by atoms with Gasteiger partial charge in [-0.2, -0.15) is 0 Å². The van der Waals surface area contributed by atoms with E-state index >= 15 is 0 Å². The van der Waals surface area contributed by atoms with Gasteiger partial charge in [0.2, 0.25) is 5.91 Å². The second-order valence-electron chi connectivity index (χ2n) is 5.57. The lowest BCUT2D eigenvalue weighted by atomic mass is 9.87. The molecular formula is C16H18N2O2. The van der Waals surface area contributed by atoms with E-state index in [4.69, 9.17) is 0 Å². The number of piperazine rings is 1. The zero-order chi connectivity index (χ0) is 14.2. The molecule has 104 valence electrons. The minimum absolute atomic E-state index is 0.0167. The van der Waals surface area contributed by atoms with Crippen LogP contribution >= 0.6 is 0 Å². The average molecular weight is 270 g/mol. The first kappa shape index (κ1) is 12.9. The highest BCUT2D eigenvalue weighted by Crippen LogP contribution is 2.29. The van der Waals surface area contributed by atoms with Crippen LogP contribution in [0.2, 0.25) is 0 Å². The van der Waals surface area contributed by atoms with Crippen molar-refractivity contribution in [3.63, 3.8) is 0 Å². The van der Waals surface area contributed by atoms with Gasteiger partial charge in [0.1, 0.15) is 5.54 Å². The van der Waals surface area contributed by atoms with Gasteiger partial charge in [-0.15, -0.1) is 0 Å². The molecule has 0 spiro atoms. The zero-order valence-corrected chi connectivity index (χ0v) is 11.5. The molecule has 0 bridgehead atoms. The summed E-state index contributed by atoms with van der Waals surface area (Å²) in [4.78, 5) is 26.6. The highest BCUT2D eigenvalue weighted by atomic mass is 16.2. The van der Waals surface area contributed by atoms with E-state index < -0.39 is 5.54 Å². The Morgan fingerprint density at radius 2 is 1.80 bits per heavy atom. The van der Waals surface area contributed by atoms with Crippen molar-refractivity contribution in [1.29, 1.82) is 0 Å². The smallest absolute Gasteiger partial charge is 0.253 e. The van der Waals surface area contributed by atoms with Crippen LogP contribution in [0.25, 0.3) is 0 Å². The molecule has 4 nitrogen and oxygen atoms in total. The number of hydrogen-bond donors (Lipinski definition) is 1. The van der Waals surface area contributed by atoms with E-state index in [0.717, 1.165) is 18.4 Å². The molecule has 1 unspecified atom stereocenters. The Balaban J connectivity index is 1.94. The first-order chi connectivity index (χ1) is 9.61. The number of rotatable bonds is 2. The summed E-state index contributed by atoms with van der Waals surface area (Å²) in [6, 6.07) is 9.56. The van der Waals surface area contributed by atoms with Crippen molar-refractivity contribution in [2.45, 2.75) is 31.3 Å². The molecule has 1 aliphatic heterocycles. The van der Waals surface area contributed by atoms with E-state index in [2.05, 4.69) is 17.5 Å². The van der Waals surface area contributed by atoms with Gasteiger partial charge in [0, 0.05) is 6.04 Å². The number of nitrogens with one attached hydrogen (secondary N) is 1. The van der Waals surface area contributed by atoms with Crippen molar-refractivity contribution in [2.24, 2.45) is 0 Å². The Bertz CT molecular complexity index is 559. The van der Waals surface area contributed by atoms with Crippen molar-refractivity contribution in [2.75, 3.05) is 6.54 Å². The predicted octanol–water partition coefficient (Wildman–Crippen LogP) is 1.58. The van der Waals surface area contributed by atoms with Gasteiger partial charge >= 0.3 is 0 Å². The number of carbonyl (C=O) groups excluding carboxylic acids is 2. The molecule has 1 aromatic rings. The summed E-state index contributed by atoms with van der Waals surface area (Å²) in [5.74, 6) is -0.111. The maximum absolute atomic E-state index is 12.9. The SMILES string of the molecule is CC1(c2ccccc2)NC(=O)CN(C2CC=CC2)C1=O. The Kier molecular flexibility index (Phi) is 3.08. The summed E-state index contributed by atoms with van der Waals surface area (Å²) in [7, 11) is 0. The van der Waals surface area contributed by atoms with Gasteiger partial charge in [-0.25, -0.2) is 0 Å². The third-order valence-corrected chi connectivity index (χ3v) is 4.17. The lowest BCUT2D eigenvalue weighted by Gasteiger charge is -2.42. The highest BCUT2D eigenvalue weighted by molar-refractivity contribution is 5.98. The third kappa shape index (κ3) is 2.01. The lowest BCUT2D eigenvalue weighted by Crippen LogP contribution is -2.65. The van der Waals surface area contributed by atoms with Gasteiger partial charge in [0.05, 0.1) is 6.54 Å². The Labute approximate surface area is 118 Å². The molecule has 20 heavy (non-hydrogen) atoms. The molecule has 1 fully saturated rings. The van der Waals surface area contributed by atoms with Gasteiger partial charge in [-0.05, 0) is 25.3 Å². The molecule has 1 saturated heterocycles. The van der Waals surface area contributed by atoms with E-state index in [-0.39, 0.29) is 24.4 Å². The maximum Gasteiger partial charge on any atom is 0.253 e. The summed E-state index contributed by atoms with van der Waals surface area (Å²) in [5, 5.41) is 2.86. The van der Waals surface area contributed by atoms with Crippen LogP contribution in [0.4, 0.5) is 0 Å². The number of carbonyl (C=O) groups is 2. The molecule has 3 rings (SSSR count). The standard InChI is InChI=1S/C16H18N2O2/c1-16(12-7-3-2-4-8-12)15(20)18(11-14(19)17-16)13-9-5-6-10-13/h2-8,13H,9-11H2,1H3,(H,17,19). The fourth-order valence-electron chi connectivity index (χ4n) is 3.00. The fourth-order valence-corrected chi connectivity index (χ4v) is 3.00. The minimum Gasteiger partial charge on any atom is -0.337 e. The molecule has 2 aliphatic rings. The molecule has 1 N–H and O–H groups in total. The largest absolute Gasteiger partial charge is 0.337 e. The van der Waals surface area contributed by atoms with E-state index in [1.807, 2.05) is 30.3 Å². The zero-order valence-electron chi connectivity index (χ0n) is 11.5. The summed E-state index contributed by atoms with van der Waals surface area (Å²) in [6.45, 7) is 1.95. The molecule has 1 aromatic carbocycles. The number of benzene rings is 1. The van der Waals surface area contributed by atoms with Gasteiger partial charge in [0.25, 0.3) is 5.91 Å². The molecule has 0 aromatic heterocycles. The van der Waals surface area contributed by atoms with Crippen LogP contribution in [0.3, 0.4) is 0 Å². The molecule has 0 saturated carbocycles. The number of nitrogens with zero attached hydrogens (tertiary/aromatic N) is 1. The van der Waals surface area contributed by atoms with Crippen LogP contribution < -0.4 is 5.32 Å². The van der Waals surface area contributed by atoms with Crippen LogP contribution in [0.15, 0.2) is 42.5 Å². The molecule has 1 atom stereocenters. The predicted molar refractivity (Wildman–Crippen MR) is 75.8 cm³/mol. The first-order valence-corrected chi connectivity index (χ1v) is 6.94. The van der Waals surface area contributed by atoms with Crippen molar-refractivity contribution < 1.29 is 9.59 Å². The Hall–Kier alpha value is -2.10. The van der Waals surface area contributed by atoms with Crippen LogP contribution in [0.1, 0.15) is 25.3 Å². The van der Waals surface area contributed by atoms with Gasteiger partial charge < -0.3 is 10.2 Å². The normalized spacial score (nSPS) is 26.9. The van der Waals surface area contributed by atoms with Gasteiger partial charge in [-0.3, -0.25) is 9.59 Å². The molecular weight excluding hydrogens is 252 g/mol. The van der Waals surface area contributed by atoms with Gasteiger partial charge in [-0.1, -0.05) is 42.5 Å². The maximum atomic E-state index is 12.9. The number of amides is 2. The van der Waals surface area contributed by atoms with Crippen LogP contribution in [-0.4, -0.2) is 29.3 Å². The van der Waals surface area contributed by atoms with Gasteiger partial charge in [0.15, 0.2) is 0 Å². The average Bonchev–Trinajstić information content (AvgIpc) is 2.98. The molecule has 0 radical (unpaired) electrons. The van der Waals surface area contributed by atoms with Crippen LogP contribution in [0, 0.1) is 0 Å². The summed E-state index contributed by atoms with van der Waals surface area (Å²) >= 11 is 0. The summed E-state index contributed by atoms with van der Waals surface area (Å²) < 4.78 is 0. The second-order valence-corrected chi connectivity index (χ2v) is 5.57. The molecule has 1 aliphatic carbocycles. The molecule has 4 heteroatoms. The lowest BCUT2D eigenvalue weighted by molar-refractivity contribution is -0.152. The summed E-state index contributed by atoms with van der Waals surface area (Å²) in [5.41, 5.74) is -0.131. The number of hydrogen-bond acceptors (Lipinski definition) is 2. The molecule has 1 heterocycles. The van der Waals surface area contributed by atoms with Crippen molar-refractivity contribution in [1.82, 2.24) is 10.2 Å². The fraction of sp³-hybridized carbons (Fsp3) is 0.375. The molecule has 2 amide bonds. The van der Waals surface area contributed by atoms with E-state index in [1.54, 1.807) is 11.8 Å². The van der Waals surface area contributed by atoms with E-state index in [0.29, 0.717) is 0 Å². The summed E-state index contributed by atoms with van der Waals surface area (Å²) in [6.07, 6.45) is 5.82. The van der Waals surface area contributed by atoms with Crippen molar-refractivity contribution >= 4 is 11.8 Å². The first-order valence-electron chi connectivity index (χ1n) is 6.94. The highest BCUT2D eigenvalue weighted by Gasteiger charge is 2.46. The van der Waals surface area contributed by atoms with Crippen molar-refractivity contribution in [3.8, 4) is 0 Å². The monoisotopic (exact) mass is 270 g/mol. The van der Waals surface area contributed by atoms with E-state index in [1.165, 1.54) is 0 Å². The van der Waals surface area contributed by atoms with E-state index in [9.17, 15) is 9.59 Å². The second kappa shape index (κ2) is 4.78. The quantitative estimate of drug-likeness (QED) is 0.829. The Morgan fingerprint density at radius 3 is 2.45 bits per heavy atom. The van der Waals surface area contributed by atoms with Crippen molar-refractivity contribution in [3.05, 3.63) is 48.0 Å². The topological polar surface area (TPSA) is 49.4 Å². The van der Waals surface area contributed by atoms with Crippen LogP contribution in [-0.2, 0) is 15.1 Å². The Morgan fingerprint density at radius 1 is 1.15 bits per heavy atom. The minimum atomic E-state index is -0.959. The third-order valence-electron chi connectivity index (χ3n) is 4.17.